The minimum absolute atomic E-state index is 0.0259. The Hall–Kier alpha value is -2.12. The van der Waals surface area contributed by atoms with Crippen LogP contribution in [-0.2, 0) is 17.6 Å². The molecule has 2 heterocycles. The lowest BCUT2D eigenvalue weighted by Crippen LogP contribution is -2.27. The molecule has 0 aliphatic heterocycles. The van der Waals surface area contributed by atoms with Crippen molar-refractivity contribution in [1.82, 2.24) is 14.9 Å². The standard InChI is InChI=1S/C20H21N3O2S2/c1-2-11-21-16(24)12-26-20-22-18-17(14-9-6-10-15(14)27-18)19(25)23(20)13-7-4-3-5-8-13/h3-5,7-8H,2,6,9-12H2,1H3,(H,21,24). The van der Waals surface area contributed by atoms with Gasteiger partial charge in [0.05, 0.1) is 16.8 Å². The number of nitrogens with zero attached hydrogens (tertiary/aromatic N) is 2. The van der Waals surface area contributed by atoms with E-state index in [-0.39, 0.29) is 17.2 Å². The van der Waals surface area contributed by atoms with Gasteiger partial charge in [-0.3, -0.25) is 14.2 Å². The number of hydrogen-bond acceptors (Lipinski definition) is 5. The van der Waals surface area contributed by atoms with E-state index in [1.165, 1.54) is 22.2 Å². The maximum atomic E-state index is 13.4. The average Bonchev–Trinajstić information content (AvgIpc) is 3.26. The lowest BCUT2D eigenvalue weighted by atomic mass is 10.2. The van der Waals surface area contributed by atoms with Crippen molar-refractivity contribution < 1.29 is 4.79 Å². The first-order valence-electron chi connectivity index (χ1n) is 9.21. The Labute approximate surface area is 165 Å². The van der Waals surface area contributed by atoms with Crippen molar-refractivity contribution in [2.75, 3.05) is 12.3 Å². The Balaban J connectivity index is 1.79. The van der Waals surface area contributed by atoms with E-state index in [1.807, 2.05) is 37.3 Å². The first-order chi connectivity index (χ1) is 13.2. The lowest BCUT2D eigenvalue weighted by molar-refractivity contribution is -0.118. The highest BCUT2D eigenvalue weighted by Crippen LogP contribution is 2.36. The molecule has 0 unspecified atom stereocenters. The molecule has 1 aliphatic rings. The number of amides is 1. The molecule has 140 valence electrons. The summed E-state index contributed by atoms with van der Waals surface area (Å²) in [6.07, 6.45) is 3.99. The number of rotatable bonds is 6. The number of aromatic nitrogens is 2. The van der Waals surface area contributed by atoms with Crippen LogP contribution in [0.25, 0.3) is 15.9 Å². The highest BCUT2D eigenvalue weighted by molar-refractivity contribution is 7.99. The Morgan fingerprint density at radius 3 is 2.89 bits per heavy atom. The van der Waals surface area contributed by atoms with E-state index in [0.717, 1.165) is 41.6 Å². The van der Waals surface area contributed by atoms with Crippen molar-refractivity contribution in [3.05, 3.63) is 51.1 Å². The third kappa shape index (κ3) is 3.53. The van der Waals surface area contributed by atoms with Crippen molar-refractivity contribution in [2.45, 2.75) is 37.8 Å². The molecule has 4 rings (SSSR count). The van der Waals surface area contributed by atoms with Crippen LogP contribution < -0.4 is 10.9 Å². The van der Waals surface area contributed by atoms with E-state index in [0.29, 0.717) is 11.7 Å². The summed E-state index contributed by atoms with van der Waals surface area (Å²) in [5, 5.41) is 4.21. The monoisotopic (exact) mass is 399 g/mol. The normalized spacial score (nSPS) is 13.1. The molecule has 0 saturated heterocycles. The maximum Gasteiger partial charge on any atom is 0.267 e. The second-order valence-electron chi connectivity index (χ2n) is 6.55. The lowest BCUT2D eigenvalue weighted by Gasteiger charge is -2.12. The third-order valence-electron chi connectivity index (χ3n) is 4.63. The number of hydrogen-bond donors (Lipinski definition) is 1. The summed E-state index contributed by atoms with van der Waals surface area (Å²) in [5.41, 5.74) is 1.93. The molecule has 7 heteroatoms. The van der Waals surface area contributed by atoms with Gasteiger partial charge in [0.2, 0.25) is 5.91 Å². The fourth-order valence-corrected chi connectivity index (χ4v) is 5.52. The number of carbonyl (C=O) groups is 1. The molecular formula is C20H21N3O2S2. The highest BCUT2D eigenvalue weighted by atomic mass is 32.2. The van der Waals surface area contributed by atoms with Gasteiger partial charge in [-0.25, -0.2) is 4.98 Å². The van der Waals surface area contributed by atoms with Crippen LogP contribution in [0.5, 0.6) is 0 Å². The predicted molar refractivity (Wildman–Crippen MR) is 111 cm³/mol. The highest BCUT2D eigenvalue weighted by Gasteiger charge is 2.24. The van der Waals surface area contributed by atoms with Crippen molar-refractivity contribution >= 4 is 39.2 Å². The Morgan fingerprint density at radius 2 is 2.11 bits per heavy atom. The molecule has 0 spiro atoms. The van der Waals surface area contributed by atoms with E-state index >= 15 is 0 Å². The van der Waals surface area contributed by atoms with E-state index in [9.17, 15) is 9.59 Å². The van der Waals surface area contributed by atoms with Crippen molar-refractivity contribution in [3.63, 3.8) is 0 Å². The number of benzene rings is 1. The fourth-order valence-electron chi connectivity index (χ4n) is 3.37. The molecule has 27 heavy (non-hydrogen) atoms. The maximum absolute atomic E-state index is 13.4. The van der Waals surface area contributed by atoms with E-state index in [2.05, 4.69) is 5.32 Å². The van der Waals surface area contributed by atoms with Crippen LogP contribution in [0, 0.1) is 0 Å². The van der Waals surface area contributed by atoms with Crippen molar-refractivity contribution in [1.29, 1.82) is 0 Å². The molecule has 0 saturated carbocycles. The predicted octanol–water partition coefficient (Wildman–Crippen LogP) is 3.55. The number of nitrogens with one attached hydrogen (secondary N) is 1. The summed E-state index contributed by atoms with van der Waals surface area (Å²) in [4.78, 5) is 32.3. The van der Waals surface area contributed by atoms with Gasteiger partial charge in [-0.2, -0.15) is 0 Å². The molecule has 0 radical (unpaired) electrons. The van der Waals surface area contributed by atoms with Crippen LogP contribution in [0.2, 0.25) is 0 Å². The number of thioether (sulfide) groups is 1. The SMILES string of the molecule is CCCNC(=O)CSc1nc2sc3c(c2c(=O)n1-c1ccccc1)CCC3. The minimum Gasteiger partial charge on any atom is -0.355 e. The summed E-state index contributed by atoms with van der Waals surface area (Å²) < 4.78 is 1.66. The molecule has 1 amide bonds. The zero-order valence-electron chi connectivity index (χ0n) is 15.2. The van der Waals surface area contributed by atoms with Crippen molar-refractivity contribution in [3.8, 4) is 5.69 Å². The van der Waals surface area contributed by atoms with Crippen LogP contribution in [0.1, 0.15) is 30.2 Å². The zero-order chi connectivity index (χ0) is 18.8. The van der Waals surface area contributed by atoms with Gasteiger partial charge in [-0.1, -0.05) is 36.9 Å². The molecule has 1 aliphatic carbocycles. The van der Waals surface area contributed by atoms with Gasteiger partial charge in [0.1, 0.15) is 4.83 Å². The summed E-state index contributed by atoms with van der Waals surface area (Å²) in [5.74, 6) is 0.208. The molecule has 3 aromatic rings. The topological polar surface area (TPSA) is 64.0 Å². The number of aryl methyl sites for hydroxylation is 2. The van der Waals surface area contributed by atoms with Gasteiger partial charge in [-0.05, 0) is 43.4 Å². The van der Waals surface area contributed by atoms with E-state index in [1.54, 1.807) is 15.9 Å². The number of para-hydroxylation sites is 1. The summed E-state index contributed by atoms with van der Waals surface area (Å²) in [6, 6.07) is 9.55. The van der Waals surface area contributed by atoms with Crippen LogP contribution >= 0.6 is 23.1 Å². The first-order valence-corrected chi connectivity index (χ1v) is 11.0. The Morgan fingerprint density at radius 1 is 1.30 bits per heavy atom. The third-order valence-corrected chi connectivity index (χ3v) is 6.75. The van der Waals surface area contributed by atoms with Crippen LogP contribution in [-0.4, -0.2) is 27.8 Å². The van der Waals surface area contributed by atoms with Crippen LogP contribution in [0.4, 0.5) is 0 Å². The zero-order valence-corrected chi connectivity index (χ0v) is 16.8. The van der Waals surface area contributed by atoms with Gasteiger partial charge in [0.15, 0.2) is 5.16 Å². The smallest absolute Gasteiger partial charge is 0.267 e. The number of carbonyl (C=O) groups excluding carboxylic acids is 1. The Kier molecular flexibility index (Phi) is 5.31. The second-order valence-corrected chi connectivity index (χ2v) is 8.57. The molecule has 1 aromatic carbocycles. The molecule has 5 nitrogen and oxygen atoms in total. The van der Waals surface area contributed by atoms with Gasteiger partial charge in [-0.15, -0.1) is 11.3 Å². The number of thiophene rings is 1. The largest absolute Gasteiger partial charge is 0.355 e. The first kappa shape index (κ1) is 18.3. The van der Waals surface area contributed by atoms with Gasteiger partial charge in [0, 0.05) is 11.4 Å². The molecular weight excluding hydrogens is 378 g/mol. The molecule has 0 fully saturated rings. The van der Waals surface area contributed by atoms with Gasteiger partial charge in [0.25, 0.3) is 5.56 Å². The quantitative estimate of drug-likeness (QED) is 0.509. The number of fused-ring (bicyclic) bond motifs is 3. The van der Waals surface area contributed by atoms with Gasteiger partial charge >= 0.3 is 0 Å². The summed E-state index contributed by atoms with van der Waals surface area (Å²) in [7, 11) is 0. The average molecular weight is 400 g/mol. The minimum atomic E-state index is -0.0375. The van der Waals surface area contributed by atoms with Gasteiger partial charge < -0.3 is 5.32 Å². The molecule has 1 N–H and O–H groups in total. The van der Waals surface area contributed by atoms with Crippen LogP contribution in [0.3, 0.4) is 0 Å². The van der Waals surface area contributed by atoms with E-state index < -0.39 is 0 Å². The van der Waals surface area contributed by atoms with Crippen LogP contribution in [0.15, 0.2) is 40.3 Å². The molecule has 2 aromatic heterocycles. The van der Waals surface area contributed by atoms with Crippen molar-refractivity contribution in [2.24, 2.45) is 0 Å². The molecule has 0 atom stereocenters. The van der Waals surface area contributed by atoms with E-state index in [4.69, 9.17) is 4.98 Å². The summed E-state index contributed by atoms with van der Waals surface area (Å²) >= 11 is 2.95. The summed E-state index contributed by atoms with van der Waals surface area (Å²) in [6.45, 7) is 2.68. The fraction of sp³-hybridized carbons (Fsp3) is 0.350. The Bertz CT molecular complexity index is 1040. The molecule has 0 bridgehead atoms. The second kappa shape index (κ2) is 7.86.